The minimum Gasteiger partial charge on any atom is -0.315 e. The third-order valence-corrected chi connectivity index (χ3v) is 5.84. The monoisotopic (exact) mass is 387 g/mol. The number of likely N-dealkylation sites (N-methyl/N-ethyl adjacent to an activating group) is 1. The number of hydrogen-bond donors (Lipinski definition) is 0. The van der Waals surface area contributed by atoms with Crippen LogP contribution in [0.3, 0.4) is 0 Å². The highest BCUT2D eigenvalue weighted by Crippen LogP contribution is 2.33. The molecule has 1 amide bonds. The second-order valence-electron chi connectivity index (χ2n) is 7.57. The van der Waals surface area contributed by atoms with Crippen LogP contribution in [0.15, 0.2) is 59.8 Å². The minimum absolute atomic E-state index is 0.0268. The molecule has 0 saturated heterocycles. The molecule has 148 valence electrons. The van der Waals surface area contributed by atoms with Crippen molar-refractivity contribution in [3.8, 4) is 22.3 Å². The van der Waals surface area contributed by atoms with Crippen LogP contribution in [-0.2, 0) is 11.2 Å². The molecule has 0 radical (unpaired) electrons. The Hall–Kier alpha value is -3.21. The number of benzene rings is 1. The van der Waals surface area contributed by atoms with Gasteiger partial charge < -0.3 is 9.47 Å². The van der Waals surface area contributed by atoms with Crippen molar-refractivity contribution in [2.75, 3.05) is 11.9 Å². The van der Waals surface area contributed by atoms with Crippen molar-refractivity contribution in [1.29, 1.82) is 0 Å². The number of carbonyl (C=O) groups excluding carboxylic acids is 1. The number of fused-ring (bicyclic) bond motifs is 1. The largest absolute Gasteiger partial charge is 0.315 e. The van der Waals surface area contributed by atoms with Crippen LogP contribution >= 0.6 is 0 Å². The van der Waals surface area contributed by atoms with Gasteiger partial charge in [-0.05, 0) is 53.8 Å². The number of anilines is 1. The molecule has 5 heteroatoms. The molecule has 0 atom stereocenters. The van der Waals surface area contributed by atoms with Gasteiger partial charge in [-0.1, -0.05) is 19.9 Å². The lowest BCUT2D eigenvalue weighted by molar-refractivity contribution is -0.117. The molecule has 0 bridgehead atoms. The van der Waals surface area contributed by atoms with Crippen LogP contribution in [0.25, 0.3) is 22.3 Å². The number of nitrogens with zero attached hydrogens (tertiary/aromatic N) is 3. The third kappa shape index (κ3) is 3.48. The quantitative estimate of drug-likeness (QED) is 0.650. The number of amides is 1. The van der Waals surface area contributed by atoms with Gasteiger partial charge in [-0.25, -0.2) is 0 Å². The summed E-state index contributed by atoms with van der Waals surface area (Å²) in [5.74, 6) is 0.118. The standard InChI is InChI=1S/C24H25N3O2/c1-4-21(5-2)27-15-17(7-9-23(27)28)20-11-19(13-25-14-20)16-6-8-22-18(10-16)12-24(29)26(22)3/h6-11,13-15,21H,4-5,12H2,1-3H3. The molecular weight excluding hydrogens is 362 g/mol. The van der Waals surface area contributed by atoms with E-state index in [0.717, 1.165) is 46.3 Å². The molecule has 3 aromatic rings. The Labute approximate surface area is 170 Å². The average molecular weight is 387 g/mol. The molecule has 29 heavy (non-hydrogen) atoms. The molecule has 0 spiro atoms. The molecule has 0 N–H and O–H groups in total. The molecule has 5 nitrogen and oxygen atoms in total. The van der Waals surface area contributed by atoms with Crippen molar-refractivity contribution in [1.82, 2.24) is 9.55 Å². The van der Waals surface area contributed by atoms with Crippen LogP contribution in [0, 0.1) is 0 Å². The highest BCUT2D eigenvalue weighted by atomic mass is 16.2. The van der Waals surface area contributed by atoms with Gasteiger partial charge in [0, 0.05) is 54.6 Å². The molecule has 0 aliphatic carbocycles. The molecule has 1 aromatic carbocycles. The minimum atomic E-state index is 0.0268. The van der Waals surface area contributed by atoms with E-state index in [1.54, 1.807) is 11.0 Å². The summed E-state index contributed by atoms with van der Waals surface area (Å²) in [6, 6.07) is 11.9. The zero-order valence-corrected chi connectivity index (χ0v) is 17.1. The van der Waals surface area contributed by atoms with E-state index in [9.17, 15) is 9.59 Å². The molecule has 4 rings (SSSR count). The summed E-state index contributed by atoms with van der Waals surface area (Å²) in [6.45, 7) is 4.21. The molecule has 0 unspecified atom stereocenters. The number of aromatic nitrogens is 2. The summed E-state index contributed by atoms with van der Waals surface area (Å²) < 4.78 is 1.83. The zero-order valence-electron chi connectivity index (χ0n) is 17.1. The normalized spacial score (nSPS) is 13.2. The van der Waals surface area contributed by atoms with Crippen LogP contribution in [0.5, 0.6) is 0 Å². The average Bonchev–Trinajstić information content (AvgIpc) is 3.03. The predicted molar refractivity (Wildman–Crippen MR) is 116 cm³/mol. The van der Waals surface area contributed by atoms with Gasteiger partial charge in [-0.3, -0.25) is 14.6 Å². The Morgan fingerprint density at radius 3 is 2.34 bits per heavy atom. The van der Waals surface area contributed by atoms with Crippen LogP contribution in [0.2, 0.25) is 0 Å². The summed E-state index contributed by atoms with van der Waals surface area (Å²) in [7, 11) is 1.81. The Balaban J connectivity index is 1.72. The molecule has 3 heterocycles. The lowest BCUT2D eigenvalue weighted by atomic mass is 10.00. The van der Waals surface area contributed by atoms with Gasteiger partial charge in [0.1, 0.15) is 0 Å². The third-order valence-electron chi connectivity index (χ3n) is 5.84. The summed E-state index contributed by atoms with van der Waals surface area (Å²) in [4.78, 5) is 30.4. The van der Waals surface area contributed by atoms with E-state index in [0.29, 0.717) is 6.42 Å². The SMILES string of the molecule is CCC(CC)n1cc(-c2cncc(-c3ccc4c(c3)CC(=O)N4C)c2)ccc1=O. The topological polar surface area (TPSA) is 55.2 Å². The van der Waals surface area contributed by atoms with Gasteiger partial charge >= 0.3 is 0 Å². The molecule has 2 aromatic heterocycles. The summed E-state index contributed by atoms with van der Waals surface area (Å²) in [5.41, 5.74) is 6.02. The van der Waals surface area contributed by atoms with Crippen molar-refractivity contribution in [2.24, 2.45) is 0 Å². The predicted octanol–water partition coefficient (Wildman–Crippen LogP) is 4.46. The maximum atomic E-state index is 12.3. The maximum absolute atomic E-state index is 12.3. The smallest absolute Gasteiger partial charge is 0.250 e. The van der Waals surface area contributed by atoms with Crippen LogP contribution in [0.4, 0.5) is 5.69 Å². The summed E-state index contributed by atoms with van der Waals surface area (Å²) in [5, 5.41) is 0. The zero-order chi connectivity index (χ0) is 20.5. The van der Waals surface area contributed by atoms with E-state index >= 15 is 0 Å². The van der Waals surface area contributed by atoms with E-state index in [-0.39, 0.29) is 17.5 Å². The first-order chi connectivity index (χ1) is 14.0. The van der Waals surface area contributed by atoms with Crippen molar-refractivity contribution in [3.05, 3.63) is 70.9 Å². The number of pyridine rings is 2. The number of carbonyl (C=O) groups is 1. The van der Waals surface area contributed by atoms with E-state index in [1.807, 2.05) is 48.4 Å². The van der Waals surface area contributed by atoms with Crippen molar-refractivity contribution >= 4 is 11.6 Å². The lowest BCUT2D eigenvalue weighted by Crippen LogP contribution is -2.22. The van der Waals surface area contributed by atoms with Gasteiger partial charge in [0.25, 0.3) is 5.56 Å². The molecule has 0 saturated carbocycles. The van der Waals surface area contributed by atoms with E-state index in [4.69, 9.17) is 0 Å². The van der Waals surface area contributed by atoms with Gasteiger partial charge in [0.2, 0.25) is 5.91 Å². The van der Waals surface area contributed by atoms with E-state index < -0.39 is 0 Å². The van der Waals surface area contributed by atoms with Crippen LogP contribution in [-0.4, -0.2) is 22.5 Å². The van der Waals surface area contributed by atoms with Crippen LogP contribution in [0.1, 0.15) is 38.3 Å². The Kier molecular flexibility index (Phi) is 5.05. The second-order valence-corrected chi connectivity index (χ2v) is 7.57. The van der Waals surface area contributed by atoms with E-state index in [2.05, 4.69) is 31.0 Å². The maximum Gasteiger partial charge on any atom is 0.250 e. The molecule has 1 aliphatic heterocycles. The fourth-order valence-electron chi connectivity index (χ4n) is 4.05. The fourth-order valence-corrected chi connectivity index (χ4v) is 4.05. The molecular formula is C24H25N3O2. The van der Waals surface area contributed by atoms with Gasteiger partial charge in [-0.2, -0.15) is 0 Å². The Morgan fingerprint density at radius 1 is 0.931 bits per heavy atom. The fraction of sp³-hybridized carbons (Fsp3) is 0.292. The molecule has 1 aliphatic rings. The summed E-state index contributed by atoms with van der Waals surface area (Å²) in [6.07, 6.45) is 7.87. The first-order valence-electron chi connectivity index (χ1n) is 10.1. The first-order valence-corrected chi connectivity index (χ1v) is 10.1. The molecule has 0 fully saturated rings. The van der Waals surface area contributed by atoms with E-state index in [1.165, 1.54) is 0 Å². The van der Waals surface area contributed by atoms with Gasteiger partial charge in [-0.15, -0.1) is 0 Å². The number of rotatable bonds is 5. The van der Waals surface area contributed by atoms with Crippen molar-refractivity contribution < 1.29 is 4.79 Å². The van der Waals surface area contributed by atoms with Crippen molar-refractivity contribution in [2.45, 2.75) is 39.2 Å². The van der Waals surface area contributed by atoms with Gasteiger partial charge in [0.05, 0.1) is 6.42 Å². The van der Waals surface area contributed by atoms with Crippen molar-refractivity contribution in [3.63, 3.8) is 0 Å². The first kappa shape index (κ1) is 19.1. The number of hydrogen-bond acceptors (Lipinski definition) is 3. The van der Waals surface area contributed by atoms with Gasteiger partial charge in [0.15, 0.2) is 0 Å². The van der Waals surface area contributed by atoms with Crippen LogP contribution < -0.4 is 10.5 Å². The summed E-state index contributed by atoms with van der Waals surface area (Å²) >= 11 is 0. The highest BCUT2D eigenvalue weighted by Gasteiger charge is 2.24. The Morgan fingerprint density at radius 2 is 1.62 bits per heavy atom. The lowest BCUT2D eigenvalue weighted by Gasteiger charge is -2.17. The Bertz CT molecular complexity index is 1130. The second kappa shape index (κ2) is 7.66. The highest BCUT2D eigenvalue weighted by molar-refractivity contribution is 6.01.